The third kappa shape index (κ3) is 1.07. The molecular weight excluding hydrogens is 227 g/mol. The Morgan fingerprint density at radius 3 is 2.94 bits per heavy atom. The maximum absolute atomic E-state index is 14.4. The molecule has 16 heavy (non-hydrogen) atoms. The van der Waals surface area contributed by atoms with E-state index in [9.17, 15) is 9.50 Å². The first-order valence-electron chi connectivity index (χ1n) is 5.82. The zero-order valence-corrected chi connectivity index (χ0v) is 10.2. The number of ether oxygens (including phenoxy) is 1. The van der Waals surface area contributed by atoms with E-state index >= 15 is 0 Å². The first-order chi connectivity index (χ1) is 7.37. The first-order valence-corrected chi connectivity index (χ1v) is 6.34. The number of alkyl halides is 1. The van der Waals surface area contributed by atoms with Crippen molar-refractivity contribution < 1.29 is 14.2 Å². The van der Waals surface area contributed by atoms with Gasteiger partial charge in [-0.25, -0.2) is 4.39 Å². The number of aliphatic hydroxyl groups is 1. The third-order valence-electron chi connectivity index (χ3n) is 4.66. The average molecular weight is 244 g/mol. The molecule has 1 aliphatic heterocycles. The van der Waals surface area contributed by atoms with Crippen LogP contribution in [0.25, 0.3) is 0 Å². The minimum atomic E-state index is -1.35. The molecule has 2 aliphatic carbocycles. The summed E-state index contributed by atoms with van der Waals surface area (Å²) >= 11 is 4.36. The van der Waals surface area contributed by atoms with Gasteiger partial charge in [0.1, 0.15) is 17.4 Å². The highest BCUT2D eigenvalue weighted by Crippen LogP contribution is 2.60. The molecule has 1 heterocycles. The van der Waals surface area contributed by atoms with Crippen molar-refractivity contribution in [2.45, 2.75) is 48.8 Å². The number of hydrogen-bond acceptors (Lipinski definition) is 3. The first kappa shape index (κ1) is 10.9. The van der Waals surface area contributed by atoms with E-state index in [0.29, 0.717) is 12.2 Å². The molecule has 2 saturated carbocycles. The third-order valence-corrected chi connectivity index (χ3v) is 5.50. The monoisotopic (exact) mass is 244 g/mol. The Kier molecular flexibility index (Phi) is 2.02. The fraction of sp³-hybridized carbons (Fsp3) is 0.833. The summed E-state index contributed by atoms with van der Waals surface area (Å²) < 4.78 is 20.0. The molecule has 1 saturated heterocycles. The second-order valence-electron chi connectivity index (χ2n) is 5.64. The van der Waals surface area contributed by atoms with Crippen molar-refractivity contribution in [1.82, 2.24) is 0 Å². The van der Waals surface area contributed by atoms with Gasteiger partial charge in [0.25, 0.3) is 0 Å². The molecule has 6 atom stereocenters. The van der Waals surface area contributed by atoms with Crippen LogP contribution in [0.5, 0.6) is 0 Å². The van der Waals surface area contributed by atoms with Crippen LogP contribution < -0.4 is 0 Å². The van der Waals surface area contributed by atoms with Crippen LogP contribution in [0.15, 0.2) is 12.3 Å². The van der Waals surface area contributed by atoms with Crippen molar-refractivity contribution in [1.29, 1.82) is 0 Å². The van der Waals surface area contributed by atoms with Gasteiger partial charge in [-0.1, -0.05) is 6.58 Å². The molecule has 3 fully saturated rings. The fourth-order valence-electron chi connectivity index (χ4n) is 3.84. The topological polar surface area (TPSA) is 29.5 Å². The molecular formula is C12H17FO2S. The minimum absolute atomic E-state index is 0.0138. The highest BCUT2D eigenvalue weighted by molar-refractivity contribution is 7.81. The zero-order chi connectivity index (χ0) is 11.7. The Hall–Kier alpha value is -0.220. The van der Waals surface area contributed by atoms with Gasteiger partial charge < -0.3 is 9.84 Å². The van der Waals surface area contributed by atoms with E-state index in [1.54, 1.807) is 6.92 Å². The summed E-state index contributed by atoms with van der Waals surface area (Å²) in [4.78, 5) is 0. The molecule has 0 aromatic heterocycles. The molecule has 90 valence electrons. The smallest absolute Gasteiger partial charge is 0.128 e. The lowest BCUT2D eigenvalue weighted by atomic mass is 9.65. The largest absolute Gasteiger partial charge is 0.492 e. The van der Waals surface area contributed by atoms with Crippen LogP contribution in [0.4, 0.5) is 4.39 Å². The van der Waals surface area contributed by atoms with E-state index in [4.69, 9.17) is 4.74 Å². The van der Waals surface area contributed by atoms with E-state index in [1.165, 1.54) is 0 Å². The van der Waals surface area contributed by atoms with Crippen molar-refractivity contribution in [3.05, 3.63) is 12.3 Å². The van der Waals surface area contributed by atoms with Crippen LogP contribution in [0.1, 0.15) is 26.2 Å². The van der Waals surface area contributed by atoms with Crippen molar-refractivity contribution >= 4 is 12.6 Å². The summed E-state index contributed by atoms with van der Waals surface area (Å²) in [6, 6.07) is 0. The zero-order valence-electron chi connectivity index (χ0n) is 9.32. The lowest BCUT2D eigenvalue weighted by molar-refractivity contribution is -0.106. The lowest BCUT2D eigenvalue weighted by Gasteiger charge is -2.47. The molecule has 0 aromatic carbocycles. The molecule has 3 aliphatic rings. The fourth-order valence-corrected chi connectivity index (χ4v) is 4.35. The van der Waals surface area contributed by atoms with E-state index in [0.717, 1.165) is 12.8 Å². The van der Waals surface area contributed by atoms with Gasteiger partial charge in [0.2, 0.25) is 0 Å². The highest BCUT2D eigenvalue weighted by atomic mass is 32.1. The number of rotatable bonds is 0. The molecule has 1 N–H and O–H groups in total. The molecule has 0 bridgehead atoms. The summed E-state index contributed by atoms with van der Waals surface area (Å²) in [6.45, 7) is 5.39. The molecule has 0 aromatic rings. The quantitative estimate of drug-likeness (QED) is 0.639. The van der Waals surface area contributed by atoms with Gasteiger partial charge in [0, 0.05) is 5.25 Å². The predicted octanol–water partition coefficient (Wildman–Crippen LogP) is 2.09. The number of thiol groups is 1. The van der Waals surface area contributed by atoms with Crippen LogP contribution in [-0.2, 0) is 4.74 Å². The summed E-state index contributed by atoms with van der Waals surface area (Å²) in [5.74, 6) is 0.137. The normalized spacial score (nSPS) is 59.6. The van der Waals surface area contributed by atoms with Crippen LogP contribution in [-0.4, -0.2) is 27.7 Å². The number of halogens is 1. The van der Waals surface area contributed by atoms with Crippen molar-refractivity contribution in [3.63, 3.8) is 0 Å². The van der Waals surface area contributed by atoms with E-state index in [-0.39, 0.29) is 17.9 Å². The van der Waals surface area contributed by atoms with Gasteiger partial charge in [-0.15, -0.1) is 0 Å². The van der Waals surface area contributed by atoms with Gasteiger partial charge in [0.15, 0.2) is 0 Å². The van der Waals surface area contributed by atoms with E-state index in [2.05, 4.69) is 19.2 Å². The van der Waals surface area contributed by atoms with Crippen molar-refractivity contribution in [3.8, 4) is 0 Å². The Balaban J connectivity index is 2.08. The molecule has 6 unspecified atom stereocenters. The van der Waals surface area contributed by atoms with Gasteiger partial charge in [0.05, 0.1) is 11.7 Å². The Morgan fingerprint density at radius 2 is 2.25 bits per heavy atom. The summed E-state index contributed by atoms with van der Waals surface area (Å²) in [5.41, 5.74) is -2.27. The van der Waals surface area contributed by atoms with E-state index < -0.39 is 16.5 Å². The molecule has 3 rings (SSSR count). The van der Waals surface area contributed by atoms with Crippen LogP contribution >= 0.6 is 12.6 Å². The Morgan fingerprint density at radius 1 is 1.56 bits per heavy atom. The van der Waals surface area contributed by atoms with Gasteiger partial charge in [-0.2, -0.15) is 12.6 Å². The van der Waals surface area contributed by atoms with E-state index in [1.807, 2.05) is 0 Å². The molecule has 2 nitrogen and oxygen atoms in total. The van der Waals surface area contributed by atoms with Crippen molar-refractivity contribution in [2.24, 2.45) is 11.8 Å². The van der Waals surface area contributed by atoms with Crippen LogP contribution in [0.2, 0.25) is 0 Å². The summed E-state index contributed by atoms with van der Waals surface area (Å²) in [6.07, 6.45) is 1.82. The van der Waals surface area contributed by atoms with Crippen LogP contribution in [0.3, 0.4) is 0 Å². The van der Waals surface area contributed by atoms with Crippen LogP contribution in [0, 0.1) is 11.8 Å². The number of hydrogen-bond donors (Lipinski definition) is 2. The second kappa shape index (κ2) is 2.96. The van der Waals surface area contributed by atoms with Crippen molar-refractivity contribution in [2.75, 3.05) is 0 Å². The maximum Gasteiger partial charge on any atom is 0.128 e. The minimum Gasteiger partial charge on any atom is -0.492 e. The Labute approximate surface area is 100 Å². The highest BCUT2D eigenvalue weighted by Gasteiger charge is 2.68. The molecule has 4 heteroatoms. The average Bonchev–Trinajstić information content (AvgIpc) is 2.59. The lowest BCUT2D eigenvalue weighted by Crippen LogP contribution is -2.58. The Bertz CT molecular complexity index is 357. The molecule has 0 amide bonds. The standard InChI is InChI=1S/C12H17FO2S/c1-6-9-10(16)11(2,13)5-7-3-4-8(15-6)12(7,9)14/h7-10,14,16H,1,3-5H2,2H3. The summed E-state index contributed by atoms with van der Waals surface area (Å²) in [5, 5.41) is 10.3. The molecule has 0 radical (unpaired) electrons. The predicted molar refractivity (Wildman–Crippen MR) is 62.1 cm³/mol. The summed E-state index contributed by atoms with van der Waals surface area (Å²) in [7, 11) is 0. The SMILES string of the molecule is C=C1OC2CCC3CC(C)(F)C(S)C1C32O. The van der Waals surface area contributed by atoms with Gasteiger partial charge >= 0.3 is 0 Å². The molecule has 0 spiro atoms. The van der Waals surface area contributed by atoms with Gasteiger partial charge in [-0.3, -0.25) is 0 Å². The maximum atomic E-state index is 14.4. The van der Waals surface area contributed by atoms with Gasteiger partial charge in [-0.05, 0) is 32.1 Å². The second-order valence-corrected chi connectivity index (χ2v) is 6.20.